The summed E-state index contributed by atoms with van der Waals surface area (Å²) < 4.78 is 5.76. The molecule has 1 aliphatic carbocycles. The largest absolute Gasteiger partial charge is 0.496 e. The van der Waals surface area contributed by atoms with Crippen molar-refractivity contribution in [2.45, 2.75) is 18.9 Å². The fourth-order valence-electron chi connectivity index (χ4n) is 2.24. The molecule has 0 saturated heterocycles. The first-order chi connectivity index (χ1) is 10.0. The van der Waals surface area contributed by atoms with Crippen molar-refractivity contribution in [3.8, 4) is 5.75 Å². The van der Waals surface area contributed by atoms with E-state index in [1.54, 1.807) is 18.2 Å². The topological polar surface area (TPSA) is 75.6 Å². The Kier molecular flexibility index (Phi) is 5.01. The molecule has 0 aromatic heterocycles. The van der Waals surface area contributed by atoms with Crippen LogP contribution in [0.2, 0.25) is 0 Å². The van der Waals surface area contributed by atoms with Gasteiger partial charge in [0.1, 0.15) is 5.75 Å². The first-order valence-corrected chi connectivity index (χ1v) is 7.34. The lowest BCUT2D eigenvalue weighted by Gasteiger charge is -2.18. The van der Waals surface area contributed by atoms with Crippen molar-refractivity contribution in [2.75, 3.05) is 7.11 Å². The third-order valence-electron chi connectivity index (χ3n) is 3.42. The zero-order chi connectivity index (χ0) is 15.4. The van der Waals surface area contributed by atoms with E-state index in [1.165, 1.54) is 7.11 Å². The first-order valence-electron chi connectivity index (χ1n) is 6.54. The minimum Gasteiger partial charge on any atom is -0.496 e. The van der Waals surface area contributed by atoms with Gasteiger partial charge in [0.25, 0.3) is 0 Å². The number of hydrogen-bond donors (Lipinski definition) is 2. The van der Waals surface area contributed by atoms with Gasteiger partial charge in [-0.15, -0.1) is 0 Å². The van der Waals surface area contributed by atoms with Gasteiger partial charge in [-0.05, 0) is 46.5 Å². The van der Waals surface area contributed by atoms with E-state index in [0.717, 1.165) is 0 Å². The highest BCUT2D eigenvalue weighted by molar-refractivity contribution is 9.10. The molecule has 21 heavy (non-hydrogen) atoms. The number of methoxy groups -OCH3 is 1. The Balaban J connectivity index is 2.17. The van der Waals surface area contributed by atoms with Gasteiger partial charge in [-0.3, -0.25) is 4.79 Å². The van der Waals surface area contributed by atoms with Crippen LogP contribution in [-0.2, 0) is 9.59 Å². The van der Waals surface area contributed by atoms with E-state index in [9.17, 15) is 14.7 Å². The van der Waals surface area contributed by atoms with Gasteiger partial charge in [0.15, 0.2) is 6.04 Å². The third-order valence-corrected chi connectivity index (χ3v) is 4.04. The molecule has 0 bridgehead atoms. The number of rotatable bonds is 5. The average molecular weight is 354 g/mol. The van der Waals surface area contributed by atoms with Gasteiger partial charge in [-0.2, -0.15) is 0 Å². The molecule has 2 rings (SSSR count). The number of ether oxygens (including phenoxy) is 1. The summed E-state index contributed by atoms with van der Waals surface area (Å²) in [6.07, 6.45) is 5.18. The summed E-state index contributed by atoms with van der Waals surface area (Å²) in [6, 6.07) is 3.87. The maximum absolute atomic E-state index is 12.1. The Morgan fingerprint density at radius 3 is 2.57 bits per heavy atom. The predicted molar refractivity (Wildman–Crippen MR) is 81.1 cm³/mol. The Labute approximate surface area is 131 Å². The second kappa shape index (κ2) is 6.76. The van der Waals surface area contributed by atoms with Crippen LogP contribution in [0.1, 0.15) is 24.4 Å². The zero-order valence-electron chi connectivity index (χ0n) is 11.5. The molecule has 1 amide bonds. The summed E-state index contributed by atoms with van der Waals surface area (Å²) in [5.74, 6) is -0.895. The van der Waals surface area contributed by atoms with Crippen LogP contribution in [0.3, 0.4) is 0 Å². The molecule has 1 atom stereocenters. The fourth-order valence-corrected chi connectivity index (χ4v) is 2.80. The van der Waals surface area contributed by atoms with Crippen molar-refractivity contribution in [1.82, 2.24) is 5.32 Å². The fraction of sp³-hybridized carbons (Fsp3) is 0.333. The quantitative estimate of drug-likeness (QED) is 0.798. The highest BCUT2D eigenvalue weighted by Crippen LogP contribution is 2.28. The number of carbonyl (C=O) groups excluding carboxylic acids is 1. The van der Waals surface area contributed by atoms with Gasteiger partial charge in [0, 0.05) is 5.92 Å². The van der Waals surface area contributed by atoms with Crippen molar-refractivity contribution >= 4 is 27.8 Å². The highest BCUT2D eigenvalue weighted by Gasteiger charge is 2.27. The molecule has 0 heterocycles. The van der Waals surface area contributed by atoms with Crippen molar-refractivity contribution in [1.29, 1.82) is 0 Å². The maximum Gasteiger partial charge on any atom is 0.330 e. The van der Waals surface area contributed by atoms with Gasteiger partial charge >= 0.3 is 5.97 Å². The number of carboxylic acids is 1. The van der Waals surface area contributed by atoms with Crippen molar-refractivity contribution < 1.29 is 19.4 Å². The second-order valence-electron chi connectivity index (χ2n) is 4.81. The minimum absolute atomic E-state index is 0.173. The van der Waals surface area contributed by atoms with Gasteiger partial charge < -0.3 is 15.2 Å². The lowest BCUT2D eigenvalue weighted by molar-refractivity contribution is -0.142. The molecule has 0 saturated carbocycles. The number of carbonyl (C=O) groups is 2. The standard InChI is InChI=1S/C15H16BrNO4/c1-21-12-7-6-10(8-11(12)16)13(15(19)20)17-14(18)9-4-2-3-5-9/h2-3,6-9,13H,4-5H2,1H3,(H,17,18)(H,19,20). The molecular weight excluding hydrogens is 338 g/mol. The summed E-state index contributed by atoms with van der Waals surface area (Å²) in [6.45, 7) is 0. The molecule has 112 valence electrons. The molecule has 1 aromatic carbocycles. The van der Waals surface area contributed by atoms with E-state index >= 15 is 0 Å². The number of carboxylic acid groups (broad SMARTS) is 1. The number of aliphatic carboxylic acids is 1. The summed E-state index contributed by atoms with van der Waals surface area (Å²) in [7, 11) is 1.53. The van der Waals surface area contributed by atoms with Gasteiger partial charge in [0.2, 0.25) is 5.91 Å². The second-order valence-corrected chi connectivity index (χ2v) is 5.67. The molecule has 0 aliphatic heterocycles. The Bertz CT molecular complexity index is 577. The number of amides is 1. The molecule has 0 fully saturated rings. The average Bonchev–Trinajstić information content (AvgIpc) is 2.98. The van der Waals surface area contributed by atoms with Crippen LogP contribution < -0.4 is 10.1 Å². The Morgan fingerprint density at radius 2 is 2.05 bits per heavy atom. The van der Waals surface area contributed by atoms with Gasteiger partial charge in [-0.1, -0.05) is 18.2 Å². The molecule has 6 heteroatoms. The highest BCUT2D eigenvalue weighted by atomic mass is 79.9. The Morgan fingerprint density at radius 1 is 1.38 bits per heavy atom. The van der Waals surface area contributed by atoms with E-state index < -0.39 is 12.0 Å². The zero-order valence-corrected chi connectivity index (χ0v) is 13.1. The van der Waals surface area contributed by atoms with E-state index in [2.05, 4.69) is 21.2 Å². The molecule has 1 unspecified atom stereocenters. The molecule has 5 nitrogen and oxygen atoms in total. The number of halogens is 1. The smallest absolute Gasteiger partial charge is 0.330 e. The minimum atomic E-state index is -1.09. The molecule has 0 radical (unpaired) electrons. The summed E-state index contributed by atoms with van der Waals surface area (Å²) in [4.78, 5) is 23.5. The van der Waals surface area contributed by atoms with E-state index in [0.29, 0.717) is 28.6 Å². The van der Waals surface area contributed by atoms with E-state index in [-0.39, 0.29) is 11.8 Å². The first kappa shape index (κ1) is 15.6. The van der Waals surface area contributed by atoms with Crippen LogP contribution in [0, 0.1) is 5.92 Å². The molecule has 2 N–H and O–H groups in total. The van der Waals surface area contributed by atoms with E-state index in [1.807, 2.05) is 12.2 Å². The lowest BCUT2D eigenvalue weighted by atomic mass is 10.0. The number of benzene rings is 1. The monoisotopic (exact) mass is 353 g/mol. The van der Waals surface area contributed by atoms with E-state index in [4.69, 9.17) is 4.74 Å². The third kappa shape index (κ3) is 3.64. The van der Waals surface area contributed by atoms with Crippen LogP contribution in [0.15, 0.2) is 34.8 Å². The summed E-state index contributed by atoms with van der Waals surface area (Å²) in [5.41, 5.74) is 0.495. The van der Waals surface area contributed by atoms with Crippen molar-refractivity contribution in [2.24, 2.45) is 5.92 Å². The molecular formula is C15H16BrNO4. The van der Waals surface area contributed by atoms with Crippen LogP contribution in [0.25, 0.3) is 0 Å². The molecule has 0 spiro atoms. The number of allylic oxidation sites excluding steroid dienone is 2. The Hall–Kier alpha value is -1.82. The van der Waals surface area contributed by atoms with Crippen LogP contribution in [0.4, 0.5) is 0 Å². The van der Waals surface area contributed by atoms with Crippen molar-refractivity contribution in [3.05, 3.63) is 40.4 Å². The van der Waals surface area contributed by atoms with Crippen molar-refractivity contribution in [3.63, 3.8) is 0 Å². The summed E-state index contributed by atoms with van der Waals surface area (Å²) >= 11 is 3.32. The molecule has 1 aliphatic rings. The van der Waals surface area contributed by atoms with Gasteiger partial charge in [0.05, 0.1) is 11.6 Å². The molecule has 1 aromatic rings. The predicted octanol–water partition coefficient (Wildman–Crippen LogP) is 2.67. The maximum atomic E-state index is 12.1. The van der Waals surface area contributed by atoms with Gasteiger partial charge in [-0.25, -0.2) is 4.79 Å². The van der Waals surface area contributed by atoms with Crippen LogP contribution in [0.5, 0.6) is 5.75 Å². The normalized spacial score (nSPS) is 15.7. The number of nitrogens with one attached hydrogen (secondary N) is 1. The number of hydrogen-bond acceptors (Lipinski definition) is 3. The van der Waals surface area contributed by atoms with Crippen LogP contribution >= 0.6 is 15.9 Å². The summed E-state index contributed by atoms with van der Waals surface area (Å²) in [5, 5.41) is 12.0. The SMILES string of the molecule is COc1ccc(C(NC(=O)C2CC=CC2)C(=O)O)cc1Br. The lowest BCUT2D eigenvalue weighted by Crippen LogP contribution is -2.37. The van der Waals surface area contributed by atoms with Crippen LogP contribution in [-0.4, -0.2) is 24.1 Å².